The number of ether oxygens (including phenoxy) is 2. The van der Waals surface area contributed by atoms with Crippen molar-refractivity contribution in [2.45, 2.75) is 33.2 Å². The number of methoxy groups -OCH3 is 1. The molecule has 0 aliphatic carbocycles. The zero-order valence-electron chi connectivity index (χ0n) is 21.0. The second-order valence-electron chi connectivity index (χ2n) is 9.06. The molecule has 8 nitrogen and oxygen atoms in total. The fourth-order valence-electron chi connectivity index (χ4n) is 4.69. The van der Waals surface area contributed by atoms with Crippen molar-refractivity contribution in [2.75, 3.05) is 46.4 Å². The van der Waals surface area contributed by atoms with Gasteiger partial charge in [0.05, 0.1) is 32.0 Å². The van der Waals surface area contributed by atoms with E-state index >= 15 is 0 Å². The van der Waals surface area contributed by atoms with Gasteiger partial charge in [0.2, 0.25) is 0 Å². The molecular formula is C27H34N4O4. The zero-order valence-corrected chi connectivity index (χ0v) is 21.0. The molecule has 2 aromatic carbocycles. The molecule has 186 valence electrons. The molecule has 1 fully saturated rings. The van der Waals surface area contributed by atoms with Gasteiger partial charge < -0.3 is 14.4 Å². The molecule has 2 aliphatic heterocycles. The van der Waals surface area contributed by atoms with Gasteiger partial charge in [-0.3, -0.25) is 9.69 Å². The number of hydrogen-bond donors (Lipinski definition) is 0. The van der Waals surface area contributed by atoms with Crippen molar-refractivity contribution in [2.24, 2.45) is 5.10 Å². The van der Waals surface area contributed by atoms with Gasteiger partial charge in [-0.05, 0) is 44.0 Å². The van der Waals surface area contributed by atoms with Gasteiger partial charge in [0.1, 0.15) is 5.75 Å². The van der Waals surface area contributed by atoms with Crippen LogP contribution in [-0.4, -0.2) is 79.0 Å². The fraction of sp³-hybridized carbons (Fsp3) is 0.444. The number of carbonyl (C=O) groups is 2. The molecule has 1 atom stereocenters. The van der Waals surface area contributed by atoms with Crippen LogP contribution in [0, 0.1) is 13.8 Å². The number of hydrazone groups is 1. The Hall–Kier alpha value is -3.39. The normalized spacial score (nSPS) is 18.4. The second kappa shape index (κ2) is 10.9. The lowest BCUT2D eigenvalue weighted by Gasteiger charge is -2.34. The molecule has 2 aromatic rings. The van der Waals surface area contributed by atoms with Gasteiger partial charge in [-0.2, -0.15) is 5.10 Å². The van der Waals surface area contributed by atoms with Gasteiger partial charge in [0.25, 0.3) is 5.91 Å². The van der Waals surface area contributed by atoms with Crippen molar-refractivity contribution < 1.29 is 19.1 Å². The maximum absolute atomic E-state index is 13.5. The summed E-state index contributed by atoms with van der Waals surface area (Å²) in [4.78, 5) is 29.3. The maximum Gasteiger partial charge on any atom is 0.409 e. The number of hydrogen-bond acceptors (Lipinski definition) is 6. The maximum atomic E-state index is 13.5. The average molecular weight is 479 g/mol. The van der Waals surface area contributed by atoms with Crippen molar-refractivity contribution in [3.05, 3.63) is 64.7 Å². The van der Waals surface area contributed by atoms with Crippen molar-refractivity contribution >= 4 is 17.7 Å². The minimum Gasteiger partial charge on any atom is -0.497 e. The number of aryl methyl sites for hydroxylation is 2. The Morgan fingerprint density at radius 2 is 1.74 bits per heavy atom. The van der Waals surface area contributed by atoms with Gasteiger partial charge in [-0.25, -0.2) is 9.80 Å². The van der Waals surface area contributed by atoms with Crippen LogP contribution in [0.1, 0.15) is 41.6 Å². The highest BCUT2D eigenvalue weighted by molar-refractivity contribution is 6.04. The molecule has 4 rings (SSSR count). The summed E-state index contributed by atoms with van der Waals surface area (Å²) in [6.07, 6.45) is 0.360. The molecule has 0 unspecified atom stereocenters. The predicted octanol–water partition coefficient (Wildman–Crippen LogP) is 3.76. The summed E-state index contributed by atoms with van der Waals surface area (Å²) in [5.74, 6) is 0.731. The SMILES string of the molecule is CCOC(=O)N1CCN(CC(=O)N2N=C(c3ccc(C)cc3C)C[C@@H]2c2ccc(OC)cc2)CC1. The van der Waals surface area contributed by atoms with E-state index in [1.807, 2.05) is 24.3 Å². The molecule has 0 bridgehead atoms. The smallest absolute Gasteiger partial charge is 0.409 e. The van der Waals surface area contributed by atoms with Gasteiger partial charge in [0.15, 0.2) is 0 Å². The first-order valence-corrected chi connectivity index (χ1v) is 12.1. The van der Waals surface area contributed by atoms with E-state index in [0.29, 0.717) is 39.2 Å². The largest absolute Gasteiger partial charge is 0.497 e. The van der Waals surface area contributed by atoms with E-state index in [9.17, 15) is 9.59 Å². The molecule has 0 radical (unpaired) electrons. The monoisotopic (exact) mass is 478 g/mol. The summed E-state index contributed by atoms with van der Waals surface area (Å²) in [6.45, 7) is 8.92. The Balaban J connectivity index is 1.52. The summed E-state index contributed by atoms with van der Waals surface area (Å²) < 4.78 is 10.4. The molecule has 8 heteroatoms. The van der Waals surface area contributed by atoms with E-state index in [2.05, 4.69) is 36.9 Å². The first kappa shape index (κ1) is 24.7. The van der Waals surface area contributed by atoms with E-state index < -0.39 is 0 Å². The van der Waals surface area contributed by atoms with Crippen LogP contribution >= 0.6 is 0 Å². The summed E-state index contributed by atoms with van der Waals surface area (Å²) >= 11 is 0. The van der Waals surface area contributed by atoms with Gasteiger partial charge in [-0.15, -0.1) is 0 Å². The number of piperazine rings is 1. The van der Waals surface area contributed by atoms with E-state index in [4.69, 9.17) is 14.6 Å². The number of nitrogens with zero attached hydrogens (tertiary/aromatic N) is 4. The van der Waals surface area contributed by atoms with Crippen molar-refractivity contribution in [1.82, 2.24) is 14.8 Å². The average Bonchev–Trinajstić information content (AvgIpc) is 3.30. The second-order valence-corrected chi connectivity index (χ2v) is 9.06. The quantitative estimate of drug-likeness (QED) is 0.632. The minimum atomic E-state index is -0.291. The standard InChI is InChI=1S/C27H34N4O4/c1-5-35-27(33)30-14-12-29(13-15-30)18-26(32)31-25(21-7-9-22(34-4)10-8-21)17-24(28-31)23-11-6-19(2)16-20(23)3/h6-11,16,25H,5,12-15,17-18H2,1-4H3/t25-/m1/s1. The minimum absolute atomic E-state index is 0.0461. The van der Waals surface area contributed by atoms with Crippen LogP contribution in [-0.2, 0) is 9.53 Å². The number of carbonyl (C=O) groups excluding carboxylic acids is 2. The highest BCUT2D eigenvalue weighted by Crippen LogP contribution is 2.34. The Kier molecular flexibility index (Phi) is 7.70. The van der Waals surface area contributed by atoms with Gasteiger partial charge in [-0.1, -0.05) is 35.9 Å². The molecular weight excluding hydrogens is 444 g/mol. The molecule has 2 aliphatic rings. The summed E-state index contributed by atoms with van der Waals surface area (Å²) in [5.41, 5.74) is 5.37. The highest BCUT2D eigenvalue weighted by Gasteiger charge is 2.35. The van der Waals surface area contributed by atoms with Gasteiger partial charge in [0, 0.05) is 38.2 Å². The third kappa shape index (κ3) is 5.65. The van der Waals surface area contributed by atoms with Crippen LogP contribution < -0.4 is 4.74 Å². The van der Waals surface area contributed by atoms with E-state index in [1.165, 1.54) is 5.56 Å². The summed E-state index contributed by atoms with van der Waals surface area (Å²) in [6, 6.07) is 14.0. The lowest BCUT2D eigenvalue weighted by Crippen LogP contribution is -2.51. The molecule has 2 heterocycles. The van der Waals surface area contributed by atoms with Crippen LogP contribution in [0.15, 0.2) is 47.6 Å². The Labute approximate surface area is 207 Å². The third-order valence-electron chi connectivity index (χ3n) is 6.62. The van der Waals surface area contributed by atoms with E-state index in [1.54, 1.807) is 23.9 Å². The van der Waals surface area contributed by atoms with Crippen molar-refractivity contribution in [1.29, 1.82) is 0 Å². The Morgan fingerprint density at radius 1 is 1.03 bits per heavy atom. The Morgan fingerprint density at radius 3 is 2.37 bits per heavy atom. The molecule has 2 amide bonds. The van der Waals surface area contributed by atoms with Crippen LogP contribution in [0.25, 0.3) is 0 Å². The van der Waals surface area contributed by atoms with E-state index in [0.717, 1.165) is 28.2 Å². The van der Waals surface area contributed by atoms with E-state index in [-0.39, 0.29) is 24.6 Å². The number of rotatable bonds is 6. The molecule has 0 N–H and O–H groups in total. The Bertz CT molecular complexity index is 1090. The number of amides is 2. The van der Waals surface area contributed by atoms with Crippen LogP contribution in [0.2, 0.25) is 0 Å². The molecule has 35 heavy (non-hydrogen) atoms. The summed E-state index contributed by atoms with van der Waals surface area (Å²) in [5, 5.41) is 6.49. The third-order valence-corrected chi connectivity index (χ3v) is 6.62. The fourth-order valence-corrected chi connectivity index (χ4v) is 4.69. The van der Waals surface area contributed by atoms with Crippen LogP contribution in [0.3, 0.4) is 0 Å². The molecule has 0 spiro atoms. The molecule has 0 aromatic heterocycles. The summed E-state index contributed by atoms with van der Waals surface area (Å²) in [7, 11) is 1.64. The number of benzene rings is 2. The van der Waals surface area contributed by atoms with Crippen LogP contribution in [0.5, 0.6) is 5.75 Å². The zero-order chi connectivity index (χ0) is 24.9. The topological polar surface area (TPSA) is 74.7 Å². The first-order chi connectivity index (χ1) is 16.9. The van der Waals surface area contributed by atoms with Gasteiger partial charge >= 0.3 is 6.09 Å². The van der Waals surface area contributed by atoms with Crippen molar-refractivity contribution in [3.8, 4) is 5.75 Å². The predicted molar refractivity (Wildman–Crippen MR) is 135 cm³/mol. The van der Waals surface area contributed by atoms with Crippen LogP contribution in [0.4, 0.5) is 4.79 Å². The first-order valence-electron chi connectivity index (χ1n) is 12.1. The van der Waals surface area contributed by atoms with Crippen molar-refractivity contribution in [3.63, 3.8) is 0 Å². The lowest BCUT2D eigenvalue weighted by molar-refractivity contribution is -0.134. The molecule has 0 saturated carbocycles. The lowest BCUT2D eigenvalue weighted by atomic mass is 9.95. The molecule has 1 saturated heterocycles. The highest BCUT2D eigenvalue weighted by atomic mass is 16.6.